The van der Waals surface area contributed by atoms with Crippen LogP contribution in [0.4, 0.5) is 0 Å². The van der Waals surface area contributed by atoms with Crippen molar-refractivity contribution in [1.29, 1.82) is 0 Å². The molecule has 0 saturated heterocycles. The third kappa shape index (κ3) is 3.54. The smallest absolute Gasteiger partial charge is 0.304 e. The van der Waals surface area contributed by atoms with Gasteiger partial charge < -0.3 is 5.11 Å². The molecule has 0 atom stereocenters. The van der Waals surface area contributed by atoms with E-state index in [1.165, 1.54) is 10.2 Å². The maximum Gasteiger partial charge on any atom is 0.304 e. The number of benzene rings is 1. The van der Waals surface area contributed by atoms with E-state index in [1.807, 2.05) is 38.1 Å². The molecule has 0 unspecified atom stereocenters. The molecule has 0 heterocycles. The lowest BCUT2D eigenvalue weighted by atomic mass is 9.82. The monoisotopic (exact) mass is 288 g/mol. The fourth-order valence-corrected chi connectivity index (χ4v) is 2.32. The zero-order chi connectivity index (χ0) is 11.5. The van der Waals surface area contributed by atoms with Gasteiger partial charge in [-0.25, -0.2) is 0 Å². The van der Waals surface area contributed by atoms with Crippen molar-refractivity contribution in [2.24, 2.45) is 0 Å². The van der Waals surface area contributed by atoms with Gasteiger partial charge in [0, 0.05) is 10.3 Å². The summed E-state index contributed by atoms with van der Waals surface area (Å²) in [6.45, 7) is 3.88. The van der Waals surface area contributed by atoms with Crippen LogP contribution in [-0.2, 0) is 10.2 Å². The molecule has 0 aliphatic heterocycles. The van der Waals surface area contributed by atoms with E-state index in [9.17, 15) is 4.79 Å². The number of carboxylic acids is 1. The highest BCUT2D eigenvalue weighted by Gasteiger charge is 2.23. The molecule has 0 spiro atoms. The number of carboxylic acid groups (broad SMARTS) is 1. The second kappa shape index (κ2) is 5.03. The molecule has 4 heteroatoms. The van der Waals surface area contributed by atoms with Crippen LogP contribution in [0.5, 0.6) is 0 Å². The topological polar surface area (TPSA) is 37.3 Å². The van der Waals surface area contributed by atoms with Crippen LogP contribution < -0.4 is 0 Å². The Kier molecular flexibility index (Phi) is 4.22. The Morgan fingerprint density at radius 1 is 1.40 bits per heavy atom. The highest BCUT2D eigenvalue weighted by molar-refractivity contribution is 9.50. The van der Waals surface area contributed by atoms with Crippen LogP contribution in [0.2, 0.25) is 0 Å². The quantitative estimate of drug-likeness (QED) is 0.915. The minimum absolute atomic E-state index is 0.147. The summed E-state index contributed by atoms with van der Waals surface area (Å²) in [5.74, 6) is -0.765. The number of aliphatic carboxylic acids is 1. The molecule has 0 amide bonds. The summed E-state index contributed by atoms with van der Waals surface area (Å²) in [7, 11) is 1.50. The molecule has 2 nitrogen and oxygen atoms in total. The summed E-state index contributed by atoms with van der Waals surface area (Å²) in [6, 6.07) is 7.93. The van der Waals surface area contributed by atoms with Gasteiger partial charge in [-0.3, -0.25) is 4.79 Å². The van der Waals surface area contributed by atoms with Gasteiger partial charge in [0.25, 0.3) is 0 Å². The van der Waals surface area contributed by atoms with Crippen molar-refractivity contribution in [2.45, 2.75) is 30.6 Å². The first-order valence-corrected chi connectivity index (χ1v) is 7.22. The maximum absolute atomic E-state index is 10.7. The van der Waals surface area contributed by atoms with E-state index in [4.69, 9.17) is 5.11 Å². The molecule has 0 fully saturated rings. The molecule has 0 saturated carbocycles. The third-order valence-corrected chi connectivity index (χ3v) is 3.89. The molecular weight excluding hydrogens is 276 g/mol. The number of hydrogen-bond donors (Lipinski definition) is 1. The van der Waals surface area contributed by atoms with E-state index >= 15 is 0 Å². The molecule has 1 N–H and O–H groups in total. The molecule has 0 aliphatic carbocycles. The number of rotatable bonds is 4. The molecule has 0 aliphatic rings. The van der Waals surface area contributed by atoms with E-state index < -0.39 is 5.97 Å². The molecular formula is C11H13BrO2S. The molecule has 0 radical (unpaired) electrons. The van der Waals surface area contributed by atoms with Gasteiger partial charge in [-0.2, -0.15) is 0 Å². The van der Waals surface area contributed by atoms with Crippen molar-refractivity contribution < 1.29 is 9.90 Å². The summed E-state index contributed by atoms with van der Waals surface area (Å²) in [4.78, 5) is 11.8. The van der Waals surface area contributed by atoms with E-state index in [1.54, 1.807) is 0 Å². The second-order valence-electron chi connectivity index (χ2n) is 4.06. The standard InChI is InChI=1S/C11H13BrO2S/c1-11(2,7-10(13)14)8-3-5-9(15-12)6-4-8/h3-6H,7H2,1-2H3,(H,13,14). The average Bonchev–Trinajstić information content (AvgIpc) is 2.16. The lowest BCUT2D eigenvalue weighted by Gasteiger charge is -2.23. The van der Waals surface area contributed by atoms with Crippen molar-refractivity contribution in [2.75, 3.05) is 0 Å². The zero-order valence-electron chi connectivity index (χ0n) is 8.66. The SMILES string of the molecule is CC(C)(CC(=O)O)c1ccc(SBr)cc1. The Bertz CT molecular complexity index is 346. The third-order valence-electron chi connectivity index (χ3n) is 2.32. The highest BCUT2D eigenvalue weighted by atomic mass is 79.9. The molecule has 0 bridgehead atoms. The Balaban J connectivity index is 2.89. The van der Waals surface area contributed by atoms with Gasteiger partial charge >= 0.3 is 5.97 Å². The highest BCUT2D eigenvalue weighted by Crippen LogP contribution is 2.30. The van der Waals surface area contributed by atoms with Crippen LogP contribution in [-0.4, -0.2) is 11.1 Å². The van der Waals surface area contributed by atoms with Gasteiger partial charge in [0.15, 0.2) is 0 Å². The van der Waals surface area contributed by atoms with Crippen LogP contribution >= 0.6 is 25.0 Å². The second-order valence-corrected chi connectivity index (χ2v) is 5.65. The van der Waals surface area contributed by atoms with Crippen LogP contribution in [0.15, 0.2) is 29.2 Å². The number of carbonyl (C=O) groups is 1. The van der Waals surface area contributed by atoms with Gasteiger partial charge in [0.05, 0.1) is 6.42 Å². The van der Waals surface area contributed by atoms with Gasteiger partial charge in [-0.1, -0.05) is 26.0 Å². The first-order chi connectivity index (χ1) is 6.95. The molecule has 1 rings (SSSR count). The zero-order valence-corrected chi connectivity index (χ0v) is 11.1. The van der Waals surface area contributed by atoms with Crippen LogP contribution in [0.25, 0.3) is 0 Å². The average molecular weight is 289 g/mol. The Hall–Kier alpha value is -0.480. The fraction of sp³-hybridized carbons (Fsp3) is 0.364. The number of halogens is 1. The first kappa shape index (κ1) is 12.6. The van der Waals surface area contributed by atoms with E-state index in [2.05, 4.69) is 14.8 Å². The van der Waals surface area contributed by atoms with E-state index in [0.29, 0.717) is 0 Å². The minimum Gasteiger partial charge on any atom is -0.481 e. The van der Waals surface area contributed by atoms with Crippen molar-refractivity contribution in [1.82, 2.24) is 0 Å². The lowest BCUT2D eigenvalue weighted by molar-refractivity contribution is -0.138. The molecule has 0 aromatic heterocycles. The summed E-state index contributed by atoms with van der Waals surface area (Å²) >= 11 is 3.30. The summed E-state index contributed by atoms with van der Waals surface area (Å²) in [5.41, 5.74) is 0.733. The van der Waals surface area contributed by atoms with Crippen molar-refractivity contribution in [3.8, 4) is 0 Å². The van der Waals surface area contributed by atoms with Crippen LogP contribution in [0.1, 0.15) is 25.8 Å². The Labute approximate surface area is 101 Å². The maximum atomic E-state index is 10.7. The summed E-state index contributed by atoms with van der Waals surface area (Å²) in [5, 5.41) is 8.80. The summed E-state index contributed by atoms with van der Waals surface area (Å²) in [6.07, 6.45) is 0.147. The Morgan fingerprint density at radius 3 is 2.33 bits per heavy atom. The largest absolute Gasteiger partial charge is 0.481 e. The number of hydrogen-bond acceptors (Lipinski definition) is 2. The fourth-order valence-electron chi connectivity index (χ4n) is 1.44. The molecule has 15 heavy (non-hydrogen) atoms. The first-order valence-electron chi connectivity index (χ1n) is 4.56. The molecule has 82 valence electrons. The van der Waals surface area contributed by atoms with Crippen LogP contribution in [0, 0.1) is 0 Å². The van der Waals surface area contributed by atoms with Gasteiger partial charge in [-0.15, -0.1) is 0 Å². The van der Waals surface area contributed by atoms with Crippen molar-refractivity contribution >= 4 is 31.0 Å². The lowest BCUT2D eigenvalue weighted by Crippen LogP contribution is -2.21. The van der Waals surface area contributed by atoms with Gasteiger partial charge in [-0.05, 0) is 42.7 Å². The molecule has 1 aromatic carbocycles. The predicted molar refractivity (Wildman–Crippen MR) is 66.5 cm³/mol. The Morgan fingerprint density at radius 2 is 1.93 bits per heavy atom. The van der Waals surface area contributed by atoms with Crippen molar-refractivity contribution in [3.63, 3.8) is 0 Å². The summed E-state index contributed by atoms with van der Waals surface area (Å²) < 4.78 is 0. The van der Waals surface area contributed by atoms with Gasteiger partial charge in [0.1, 0.15) is 0 Å². The van der Waals surface area contributed by atoms with Gasteiger partial charge in [0.2, 0.25) is 0 Å². The predicted octanol–water partition coefficient (Wildman–Crippen LogP) is 3.84. The van der Waals surface area contributed by atoms with E-state index in [0.717, 1.165) is 10.5 Å². The normalized spacial score (nSPS) is 11.4. The molecule has 1 aromatic rings. The van der Waals surface area contributed by atoms with Crippen LogP contribution in [0.3, 0.4) is 0 Å². The van der Waals surface area contributed by atoms with Crippen molar-refractivity contribution in [3.05, 3.63) is 29.8 Å². The minimum atomic E-state index is -0.765. The van der Waals surface area contributed by atoms with E-state index in [-0.39, 0.29) is 11.8 Å².